The Morgan fingerprint density at radius 2 is 1.87 bits per heavy atom. The van der Waals surface area contributed by atoms with Gasteiger partial charge in [0.15, 0.2) is 0 Å². The molecule has 2 heterocycles. The Morgan fingerprint density at radius 1 is 1.10 bits per heavy atom. The summed E-state index contributed by atoms with van der Waals surface area (Å²) in [6.07, 6.45) is 3.67. The number of carbonyl (C=O) groups is 1. The lowest BCUT2D eigenvalue weighted by atomic mass is 10.0. The Morgan fingerprint density at radius 3 is 2.61 bits per heavy atom. The molecule has 4 rings (SSSR count). The average molecular weight is 435 g/mol. The summed E-state index contributed by atoms with van der Waals surface area (Å²) in [6.45, 7) is 2.45. The minimum absolute atomic E-state index is 0.189. The zero-order chi connectivity index (χ0) is 22.0. The van der Waals surface area contributed by atoms with Gasteiger partial charge in [-0.3, -0.25) is 14.5 Å². The number of pyridine rings is 1. The Kier molecular flexibility index (Phi) is 5.82. The molecule has 1 amide bonds. The van der Waals surface area contributed by atoms with Crippen LogP contribution in [0.5, 0.6) is 0 Å². The van der Waals surface area contributed by atoms with Crippen LogP contribution >= 0.6 is 11.6 Å². The molecule has 0 saturated heterocycles. The van der Waals surface area contributed by atoms with Crippen molar-refractivity contribution in [3.05, 3.63) is 94.5 Å². The van der Waals surface area contributed by atoms with Crippen LogP contribution in [0.4, 0.5) is 4.39 Å². The Bertz CT molecular complexity index is 1250. The number of rotatable bonds is 5. The van der Waals surface area contributed by atoms with Crippen LogP contribution in [0.15, 0.2) is 67.0 Å². The molecular formula is C24H20ClFN4O. The second kappa shape index (κ2) is 8.70. The highest BCUT2D eigenvalue weighted by molar-refractivity contribution is 6.31. The van der Waals surface area contributed by atoms with Gasteiger partial charge in [0.25, 0.3) is 5.91 Å². The number of nitrogens with zero attached hydrogens (tertiary/aromatic N) is 3. The second-order valence-electron chi connectivity index (χ2n) is 7.22. The van der Waals surface area contributed by atoms with E-state index in [0.29, 0.717) is 17.1 Å². The normalized spacial score (nSPS) is 10.8. The van der Waals surface area contributed by atoms with Crippen molar-refractivity contribution in [3.8, 4) is 22.5 Å². The molecule has 156 valence electrons. The summed E-state index contributed by atoms with van der Waals surface area (Å²) >= 11 is 6.18. The Balaban J connectivity index is 1.62. The van der Waals surface area contributed by atoms with E-state index in [1.54, 1.807) is 42.2 Å². The summed E-state index contributed by atoms with van der Waals surface area (Å²) in [5, 5.41) is 7.80. The number of aryl methyl sites for hydroxylation is 1. The molecule has 2 aromatic heterocycles. The number of benzene rings is 2. The maximum atomic E-state index is 13.2. The first kappa shape index (κ1) is 20.8. The topological polar surface area (TPSA) is 59.8 Å². The van der Waals surface area contributed by atoms with Gasteiger partial charge in [-0.2, -0.15) is 5.10 Å². The Labute approximate surface area is 184 Å². The number of hydrogen-bond acceptors (Lipinski definition) is 3. The van der Waals surface area contributed by atoms with Crippen molar-refractivity contribution in [2.75, 3.05) is 7.05 Å². The fourth-order valence-corrected chi connectivity index (χ4v) is 3.63. The Hall–Kier alpha value is -3.51. The first-order chi connectivity index (χ1) is 14.9. The average Bonchev–Trinajstić information content (AvgIpc) is 3.22. The molecule has 31 heavy (non-hydrogen) atoms. The number of halogens is 2. The highest BCUT2D eigenvalue weighted by Crippen LogP contribution is 2.27. The zero-order valence-corrected chi connectivity index (χ0v) is 17.8. The van der Waals surface area contributed by atoms with Crippen molar-refractivity contribution in [1.29, 1.82) is 0 Å². The lowest BCUT2D eigenvalue weighted by Crippen LogP contribution is -2.18. The maximum Gasteiger partial charge on any atom is 0.251 e. The number of aromatic nitrogens is 3. The van der Waals surface area contributed by atoms with Crippen LogP contribution in [-0.2, 0) is 6.54 Å². The minimum Gasteiger partial charge on any atom is -0.355 e. The molecule has 7 heteroatoms. The number of amides is 1. The molecule has 0 bridgehead atoms. The third kappa shape index (κ3) is 4.64. The summed E-state index contributed by atoms with van der Waals surface area (Å²) < 4.78 is 15.0. The second-order valence-corrected chi connectivity index (χ2v) is 7.65. The highest BCUT2D eigenvalue weighted by atomic mass is 35.5. The van der Waals surface area contributed by atoms with Gasteiger partial charge in [0.1, 0.15) is 5.82 Å². The molecular weight excluding hydrogens is 415 g/mol. The molecule has 0 aliphatic carbocycles. The van der Waals surface area contributed by atoms with Crippen LogP contribution < -0.4 is 5.32 Å². The molecule has 0 radical (unpaired) electrons. The molecule has 0 spiro atoms. The first-order valence-corrected chi connectivity index (χ1v) is 10.1. The van der Waals surface area contributed by atoms with E-state index in [9.17, 15) is 9.18 Å². The van der Waals surface area contributed by atoms with Crippen LogP contribution in [0.1, 0.15) is 21.5 Å². The molecule has 1 N–H and O–H groups in total. The molecule has 5 nitrogen and oxygen atoms in total. The molecule has 0 saturated carbocycles. The summed E-state index contributed by atoms with van der Waals surface area (Å²) in [6, 6.07) is 15.4. The summed E-state index contributed by atoms with van der Waals surface area (Å²) in [5.41, 5.74) is 5.70. The van der Waals surface area contributed by atoms with Gasteiger partial charge in [-0.15, -0.1) is 0 Å². The van der Waals surface area contributed by atoms with Crippen LogP contribution in [0.3, 0.4) is 0 Å². The number of nitrogens with one attached hydrogen (secondary N) is 1. The molecule has 4 aromatic rings. The fourth-order valence-electron chi connectivity index (χ4n) is 3.38. The van der Waals surface area contributed by atoms with E-state index in [4.69, 9.17) is 16.7 Å². The summed E-state index contributed by atoms with van der Waals surface area (Å²) in [7, 11) is 1.58. The van der Waals surface area contributed by atoms with Crippen LogP contribution in [-0.4, -0.2) is 27.7 Å². The predicted octanol–water partition coefficient (Wildman–Crippen LogP) is 5.12. The van der Waals surface area contributed by atoms with Crippen molar-refractivity contribution in [2.45, 2.75) is 13.5 Å². The van der Waals surface area contributed by atoms with E-state index < -0.39 is 0 Å². The quantitative estimate of drug-likeness (QED) is 0.474. The van der Waals surface area contributed by atoms with E-state index in [2.05, 4.69) is 10.3 Å². The first-order valence-electron chi connectivity index (χ1n) is 9.71. The smallest absolute Gasteiger partial charge is 0.251 e. The molecule has 0 aliphatic rings. The van der Waals surface area contributed by atoms with E-state index >= 15 is 0 Å². The van der Waals surface area contributed by atoms with Gasteiger partial charge in [-0.1, -0.05) is 11.6 Å². The third-order valence-corrected chi connectivity index (χ3v) is 5.17. The van der Waals surface area contributed by atoms with Gasteiger partial charge in [0, 0.05) is 41.2 Å². The molecule has 0 unspecified atom stereocenters. The minimum atomic E-state index is -0.282. The van der Waals surface area contributed by atoms with E-state index in [-0.39, 0.29) is 11.7 Å². The molecule has 0 aliphatic heterocycles. The van der Waals surface area contributed by atoms with Crippen LogP contribution in [0, 0.1) is 12.7 Å². The fraction of sp³-hybridized carbons (Fsp3) is 0.125. The van der Waals surface area contributed by atoms with Crippen molar-refractivity contribution >= 4 is 17.5 Å². The van der Waals surface area contributed by atoms with Crippen molar-refractivity contribution in [1.82, 2.24) is 20.1 Å². The van der Waals surface area contributed by atoms with Crippen molar-refractivity contribution in [2.24, 2.45) is 0 Å². The summed E-state index contributed by atoms with van der Waals surface area (Å²) in [4.78, 5) is 16.4. The third-order valence-electron chi connectivity index (χ3n) is 4.95. The van der Waals surface area contributed by atoms with Gasteiger partial charge < -0.3 is 5.32 Å². The highest BCUT2D eigenvalue weighted by Gasteiger charge is 2.11. The van der Waals surface area contributed by atoms with Gasteiger partial charge in [0.2, 0.25) is 0 Å². The maximum absolute atomic E-state index is 13.2. The van der Waals surface area contributed by atoms with Gasteiger partial charge in [0.05, 0.1) is 17.9 Å². The molecule has 0 atom stereocenters. The largest absolute Gasteiger partial charge is 0.355 e. The SMILES string of the molecule is CNC(=O)c1cc(Cl)cc(Cn2ccc(-c3cc(-c4ccc(F)cc4)ncc3C)n2)c1. The van der Waals surface area contributed by atoms with E-state index in [1.807, 2.05) is 31.3 Å². The monoisotopic (exact) mass is 434 g/mol. The van der Waals surface area contributed by atoms with E-state index in [1.165, 1.54) is 12.1 Å². The van der Waals surface area contributed by atoms with Gasteiger partial charge in [-0.25, -0.2) is 4.39 Å². The van der Waals surface area contributed by atoms with Gasteiger partial charge in [-0.05, 0) is 72.6 Å². The lowest BCUT2D eigenvalue weighted by molar-refractivity contribution is 0.0963. The molecule has 2 aromatic carbocycles. The van der Waals surface area contributed by atoms with Crippen LogP contribution in [0.25, 0.3) is 22.5 Å². The number of carbonyl (C=O) groups excluding carboxylic acids is 1. The van der Waals surface area contributed by atoms with Crippen LogP contribution in [0.2, 0.25) is 5.02 Å². The van der Waals surface area contributed by atoms with Crippen molar-refractivity contribution in [3.63, 3.8) is 0 Å². The lowest BCUT2D eigenvalue weighted by Gasteiger charge is -2.08. The zero-order valence-electron chi connectivity index (χ0n) is 17.1. The molecule has 0 fully saturated rings. The van der Waals surface area contributed by atoms with Crippen molar-refractivity contribution < 1.29 is 9.18 Å². The van der Waals surface area contributed by atoms with Gasteiger partial charge >= 0.3 is 0 Å². The summed E-state index contributed by atoms with van der Waals surface area (Å²) in [5.74, 6) is -0.471. The van der Waals surface area contributed by atoms with E-state index in [0.717, 1.165) is 33.6 Å². The number of hydrogen-bond donors (Lipinski definition) is 1. The standard InChI is InChI=1S/C24H20ClFN4O/c1-15-13-28-23(17-3-5-20(26)6-4-17)12-21(15)22-7-8-30(29-22)14-16-9-18(24(31)27-2)11-19(25)10-16/h3-13H,14H2,1-2H3,(H,27,31). The predicted molar refractivity (Wildman–Crippen MR) is 120 cm³/mol.